The van der Waals surface area contributed by atoms with Gasteiger partial charge in [-0.25, -0.2) is 4.98 Å². The summed E-state index contributed by atoms with van der Waals surface area (Å²) in [6.07, 6.45) is 0.472. The highest BCUT2D eigenvalue weighted by atomic mass is 31.2. The van der Waals surface area contributed by atoms with Crippen LogP contribution in [0, 0.1) is 0 Å². The van der Waals surface area contributed by atoms with Crippen LogP contribution >= 0.6 is 7.94 Å². The first-order valence-corrected chi connectivity index (χ1v) is 7.02. The number of fused-ring (bicyclic) bond motifs is 1. The molecule has 11 nitrogen and oxygen atoms in total. The standard InChI is InChI=1S/C8H12N5O6P/c9-8-11-6-5(7(14)12-8)10-1-13(6)2-18-3-19-4-20(15,16)17/h1H,2-4H2,(H2,15,16,17)(H3,9,11,12,14)/p-1. The van der Waals surface area contributed by atoms with Gasteiger partial charge in [0.1, 0.15) is 6.73 Å². The van der Waals surface area contributed by atoms with Crippen molar-refractivity contribution in [2.75, 3.05) is 18.9 Å². The van der Waals surface area contributed by atoms with E-state index in [0.29, 0.717) is 0 Å². The largest absolute Gasteiger partial charge is 0.658 e. The number of nitrogens with two attached hydrogens (primary N) is 1. The second-order valence-electron chi connectivity index (χ2n) is 3.76. The molecule has 0 aliphatic carbocycles. The molecule has 0 saturated heterocycles. The van der Waals surface area contributed by atoms with E-state index >= 15 is 0 Å². The minimum Gasteiger partial charge on any atom is -0.658 e. The second-order valence-corrected chi connectivity index (χ2v) is 5.29. The molecule has 4 N–H and O–H groups in total. The van der Waals surface area contributed by atoms with Crippen molar-refractivity contribution in [3.8, 4) is 0 Å². The minimum atomic E-state index is -4.46. The van der Waals surface area contributed by atoms with E-state index in [0.717, 1.165) is 0 Å². The second kappa shape index (κ2) is 5.79. The van der Waals surface area contributed by atoms with Crippen LogP contribution in [0.15, 0.2) is 11.1 Å². The molecular formula is C8H11N5O6P-. The number of aromatic amines is 1. The number of hydrogen-bond donors (Lipinski definition) is 3. The van der Waals surface area contributed by atoms with E-state index in [1.165, 1.54) is 10.9 Å². The third-order valence-electron chi connectivity index (χ3n) is 2.14. The third kappa shape index (κ3) is 3.70. The maximum absolute atomic E-state index is 11.5. The molecule has 0 atom stereocenters. The Balaban J connectivity index is 1.96. The molecule has 0 unspecified atom stereocenters. The van der Waals surface area contributed by atoms with Crippen molar-refractivity contribution >= 4 is 25.1 Å². The van der Waals surface area contributed by atoms with Gasteiger partial charge in [0, 0.05) is 0 Å². The van der Waals surface area contributed by atoms with E-state index in [-0.39, 0.29) is 30.6 Å². The summed E-state index contributed by atoms with van der Waals surface area (Å²) < 4.78 is 10.9. The summed E-state index contributed by atoms with van der Waals surface area (Å²) in [7, 11) is -4.46. The summed E-state index contributed by atoms with van der Waals surface area (Å²) in [6.45, 7) is -0.452. The number of nitrogens with one attached hydrogen (secondary N) is 1. The van der Waals surface area contributed by atoms with Crippen LogP contribution in [0.25, 0.3) is 11.2 Å². The van der Waals surface area contributed by atoms with Crippen molar-refractivity contribution in [1.29, 1.82) is 0 Å². The molecule has 0 aliphatic rings. The SMILES string of the molecule is Nc1nc2c(ncn2COCOC[P+]([O-])([O-])O)c(=O)[nH]1. The molecule has 2 heterocycles. The summed E-state index contributed by atoms with van der Waals surface area (Å²) in [5.41, 5.74) is 5.26. The van der Waals surface area contributed by atoms with Crippen LogP contribution in [-0.2, 0) is 16.2 Å². The average molecular weight is 304 g/mol. The number of hydrogen-bond acceptors (Lipinski definition) is 9. The first-order chi connectivity index (χ1) is 9.37. The van der Waals surface area contributed by atoms with Gasteiger partial charge in [0.2, 0.25) is 5.95 Å². The fourth-order valence-corrected chi connectivity index (χ4v) is 1.72. The van der Waals surface area contributed by atoms with Crippen LogP contribution in [0.4, 0.5) is 5.95 Å². The summed E-state index contributed by atoms with van der Waals surface area (Å²) in [5.74, 6) is -0.0620. The van der Waals surface area contributed by atoms with Crippen molar-refractivity contribution in [3.05, 3.63) is 16.7 Å². The molecule has 0 aliphatic heterocycles. The predicted octanol–water partition coefficient (Wildman–Crippen LogP) is -2.92. The van der Waals surface area contributed by atoms with Gasteiger partial charge in [-0.2, -0.15) is 4.98 Å². The van der Waals surface area contributed by atoms with E-state index < -0.39 is 19.9 Å². The van der Waals surface area contributed by atoms with Gasteiger partial charge >= 0.3 is 0 Å². The number of imidazole rings is 1. The number of H-pyrrole nitrogens is 1. The Morgan fingerprint density at radius 3 is 2.95 bits per heavy atom. The molecule has 0 aromatic carbocycles. The Morgan fingerprint density at radius 2 is 2.25 bits per heavy atom. The monoisotopic (exact) mass is 304 g/mol. The summed E-state index contributed by atoms with van der Waals surface area (Å²) in [6, 6.07) is 0. The molecule has 20 heavy (non-hydrogen) atoms. The molecule has 2 aromatic rings. The first-order valence-electron chi connectivity index (χ1n) is 5.26. The predicted molar refractivity (Wildman–Crippen MR) is 63.6 cm³/mol. The molecule has 0 radical (unpaired) electrons. The van der Waals surface area contributed by atoms with Gasteiger partial charge in [-0.05, 0) is 0 Å². The highest BCUT2D eigenvalue weighted by Gasteiger charge is 2.10. The zero-order valence-corrected chi connectivity index (χ0v) is 10.9. The number of ether oxygens (including phenoxy) is 2. The van der Waals surface area contributed by atoms with E-state index in [4.69, 9.17) is 15.4 Å². The molecule has 2 rings (SSSR count). The Kier molecular flexibility index (Phi) is 4.28. The van der Waals surface area contributed by atoms with E-state index in [9.17, 15) is 14.6 Å². The van der Waals surface area contributed by atoms with Crippen molar-refractivity contribution in [1.82, 2.24) is 19.5 Å². The fraction of sp³-hybridized carbons (Fsp3) is 0.375. The van der Waals surface area contributed by atoms with Gasteiger partial charge in [0.15, 0.2) is 24.3 Å². The normalized spacial score (nSPS) is 12.2. The number of nitrogens with zero attached hydrogens (tertiary/aromatic N) is 3. The lowest BCUT2D eigenvalue weighted by Crippen LogP contribution is -2.25. The lowest BCUT2D eigenvalue weighted by molar-refractivity contribution is -0.337. The van der Waals surface area contributed by atoms with E-state index in [2.05, 4.69) is 19.7 Å². The molecule has 110 valence electrons. The van der Waals surface area contributed by atoms with Crippen LogP contribution in [0.5, 0.6) is 0 Å². The van der Waals surface area contributed by atoms with Crippen LogP contribution in [0.2, 0.25) is 0 Å². The number of rotatable bonds is 6. The number of aromatic nitrogens is 4. The summed E-state index contributed by atoms with van der Waals surface area (Å²) in [5, 5.41) is 0. The minimum absolute atomic E-state index is 0.0620. The lowest BCUT2D eigenvalue weighted by Gasteiger charge is -2.26. The van der Waals surface area contributed by atoms with Crippen molar-refractivity contribution in [3.63, 3.8) is 0 Å². The maximum atomic E-state index is 11.5. The number of anilines is 1. The fourth-order valence-electron chi connectivity index (χ4n) is 1.41. The Morgan fingerprint density at radius 1 is 1.50 bits per heavy atom. The van der Waals surface area contributed by atoms with Crippen LogP contribution in [-0.4, -0.2) is 37.6 Å². The molecule has 0 amide bonds. The molecule has 0 spiro atoms. The highest BCUT2D eigenvalue weighted by Crippen LogP contribution is 2.32. The van der Waals surface area contributed by atoms with Gasteiger partial charge < -0.3 is 25.0 Å². The molecule has 0 bridgehead atoms. The molecule has 0 saturated carbocycles. The lowest BCUT2D eigenvalue weighted by atomic mass is 10.5. The van der Waals surface area contributed by atoms with Crippen LogP contribution < -0.4 is 21.1 Å². The van der Waals surface area contributed by atoms with Gasteiger partial charge in [-0.3, -0.25) is 19.2 Å². The van der Waals surface area contributed by atoms with Gasteiger partial charge in [-0.1, -0.05) is 0 Å². The summed E-state index contributed by atoms with van der Waals surface area (Å²) >= 11 is 0. The zero-order valence-electron chi connectivity index (χ0n) is 10.1. The van der Waals surface area contributed by atoms with E-state index in [1.54, 1.807) is 0 Å². The smallest absolute Gasteiger partial charge is 0.280 e. The maximum Gasteiger partial charge on any atom is 0.280 e. The van der Waals surface area contributed by atoms with E-state index in [1.807, 2.05) is 0 Å². The first kappa shape index (κ1) is 14.8. The quantitative estimate of drug-likeness (QED) is 0.287. The highest BCUT2D eigenvalue weighted by molar-refractivity contribution is 7.55. The van der Waals surface area contributed by atoms with Gasteiger partial charge in [0.05, 0.1) is 14.3 Å². The Bertz CT molecular complexity index is 649. The molecular weight excluding hydrogens is 293 g/mol. The van der Waals surface area contributed by atoms with Crippen LogP contribution in [0.1, 0.15) is 0 Å². The third-order valence-corrected chi connectivity index (χ3v) is 2.65. The average Bonchev–Trinajstić information content (AvgIpc) is 2.70. The van der Waals surface area contributed by atoms with Gasteiger partial charge in [0.25, 0.3) is 5.56 Å². The van der Waals surface area contributed by atoms with Crippen LogP contribution in [0.3, 0.4) is 0 Å². The molecule has 0 fully saturated rings. The van der Waals surface area contributed by atoms with Crippen molar-refractivity contribution in [2.45, 2.75) is 6.73 Å². The zero-order chi connectivity index (χ0) is 14.8. The van der Waals surface area contributed by atoms with Crippen molar-refractivity contribution < 1.29 is 24.2 Å². The molecule has 12 heteroatoms. The topological polar surface area (TPSA) is 174 Å². The van der Waals surface area contributed by atoms with Gasteiger partial charge in [-0.15, -0.1) is 0 Å². The van der Waals surface area contributed by atoms with Crippen molar-refractivity contribution in [2.24, 2.45) is 0 Å². The number of nitrogen functional groups attached to an aromatic ring is 1. The summed E-state index contributed by atoms with van der Waals surface area (Å²) in [4.78, 5) is 50.8. The Hall–Kier alpha value is -1.62. The Labute approximate surface area is 112 Å². The molecule has 2 aromatic heterocycles.